The lowest BCUT2D eigenvalue weighted by Crippen LogP contribution is -2.35. The molecule has 10 heteroatoms. The lowest BCUT2D eigenvalue weighted by Gasteiger charge is -2.08. The molecule has 112 valence electrons. The van der Waals surface area contributed by atoms with E-state index in [0.29, 0.717) is 5.69 Å². The summed E-state index contributed by atoms with van der Waals surface area (Å²) < 4.78 is 30.4. The highest BCUT2D eigenvalue weighted by molar-refractivity contribution is 7.90. The molecule has 2 aromatic rings. The largest absolute Gasteiger partial charge is 0.481 e. The molecule has 2 aromatic heterocycles. The van der Waals surface area contributed by atoms with Crippen molar-refractivity contribution in [2.75, 3.05) is 12.4 Å². The third-order valence-corrected chi connectivity index (χ3v) is 3.64. The second-order valence-corrected chi connectivity index (χ2v) is 5.62. The van der Waals surface area contributed by atoms with E-state index in [4.69, 9.17) is 4.74 Å². The highest BCUT2D eigenvalue weighted by atomic mass is 32.2. The van der Waals surface area contributed by atoms with Gasteiger partial charge in [0.2, 0.25) is 11.8 Å². The first-order valence-corrected chi connectivity index (χ1v) is 7.26. The Labute approximate surface area is 120 Å². The first-order chi connectivity index (χ1) is 9.90. The molecule has 21 heavy (non-hydrogen) atoms. The van der Waals surface area contributed by atoms with E-state index < -0.39 is 16.1 Å². The quantitative estimate of drug-likeness (QED) is 0.760. The fourth-order valence-electron chi connectivity index (χ4n) is 1.49. The summed E-state index contributed by atoms with van der Waals surface area (Å²) in [6.45, 7) is 1.68. The summed E-state index contributed by atoms with van der Waals surface area (Å²) in [6, 6.07) is 3.42. The monoisotopic (exact) mass is 311 g/mol. The van der Waals surface area contributed by atoms with Crippen molar-refractivity contribution in [3.63, 3.8) is 0 Å². The third-order valence-electron chi connectivity index (χ3n) is 2.35. The van der Waals surface area contributed by atoms with Gasteiger partial charge < -0.3 is 9.72 Å². The summed E-state index contributed by atoms with van der Waals surface area (Å²) in [5.41, 5.74) is 0.560. The maximum atomic E-state index is 11.8. The molecule has 9 nitrogen and oxygen atoms in total. The van der Waals surface area contributed by atoms with Gasteiger partial charge in [-0.05, 0) is 19.1 Å². The van der Waals surface area contributed by atoms with E-state index in [1.807, 2.05) is 4.72 Å². The topological polar surface area (TPSA) is 126 Å². The number of nitrogens with zero attached hydrogens (tertiary/aromatic N) is 2. The Bertz CT molecular complexity index is 742. The van der Waals surface area contributed by atoms with Crippen molar-refractivity contribution in [2.45, 2.75) is 11.9 Å². The number of hydrogen-bond donors (Lipinski definition) is 3. The molecule has 0 radical (unpaired) electrons. The molecule has 0 atom stereocenters. The predicted molar refractivity (Wildman–Crippen MR) is 73.5 cm³/mol. The Morgan fingerprint density at radius 2 is 2.14 bits per heavy atom. The summed E-state index contributed by atoms with van der Waals surface area (Å²) in [6.07, 6.45) is 1.43. The van der Waals surface area contributed by atoms with Gasteiger partial charge in [0.05, 0.1) is 7.11 Å². The SMILES string of the molecule is COc1cc(C)nc(NC(=O)NS(=O)(=O)c2ccc[nH]2)n1. The Hall–Kier alpha value is -2.62. The molecule has 0 saturated carbocycles. The van der Waals surface area contributed by atoms with Crippen molar-refractivity contribution in [1.29, 1.82) is 0 Å². The number of aryl methyl sites for hydroxylation is 1. The van der Waals surface area contributed by atoms with E-state index in [2.05, 4.69) is 20.3 Å². The number of aromatic amines is 1. The Balaban J connectivity index is 2.10. The average molecular weight is 311 g/mol. The molecule has 0 aliphatic heterocycles. The Morgan fingerprint density at radius 3 is 2.76 bits per heavy atom. The van der Waals surface area contributed by atoms with Crippen LogP contribution in [0.4, 0.5) is 10.7 Å². The number of carbonyl (C=O) groups is 1. The van der Waals surface area contributed by atoms with Crippen LogP contribution in [0.1, 0.15) is 5.69 Å². The number of ether oxygens (including phenoxy) is 1. The van der Waals surface area contributed by atoms with Crippen molar-refractivity contribution >= 4 is 22.0 Å². The number of urea groups is 1. The summed E-state index contributed by atoms with van der Waals surface area (Å²) in [7, 11) is -2.55. The molecule has 2 rings (SSSR count). The molecule has 0 aliphatic carbocycles. The van der Waals surface area contributed by atoms with Crippen molar-refractivity contribution in [1.82, 2.24) is 19.7 Å². The van der Waals surface area contributed by atoms with E-state index in [1.165, 1.54) is 25.4 Å². The van der Waals surface area contributed by atoms with Crippen molar-refractivity contribution in [2.24, 2.45) is 0 Å². The molecule has 0 fully saturated rings. The van der Waals surface area contributed by atoms with Crippen LogP contribution < -0.4 is 14.8 Å². The van der Waals surface area contributed by atoms with Crippen LogP contribution in [0.25, 0.3) is 0 Å². The second-order valence-electron chi connectivity index (χ2n) is 3.97. The summed E-state index contributed by atoms with van der Waals surface area (Å²) in [5.74, 6) is 0.191. The highest BCUT2D eigenvalue weighted by Gasteiger charge is 2.19. The van der Waals surface area contributed by atoms with Crippen LogP contribution in [0.2, 0.25) is 0 Å². The number of amides is 2. The number of methoxy groups -OCH3 is 1. The standard InChI is InChI=1S/C11H13N5O4S/c1-7-6-8(20-2)14-10(13-7)15-11(17)16-21(18,19)9-4-3-5-12-9/h3-6,12H,1-2H3,(H2,13,14,15,16,17). The van der Waals surface area contributed by atoms with Crippen LogP contribution in [0, 0.1) is 6.92 Å². The highest BCUT2D eigenvalue weighted by Crippen LogP contribution is 2.11. The minimum absolute atomic E-state index is 0.0639. The molecular formula is C11H13N5O4S. The summed E-state index contributed by atoms with van der Waals surface area (Å²) in [5, 5.41) is 2.11. The molecule has 0 spiro atoms. The van der Waals surface area contributed by atoms with Gasteiger partial charge in [-0.25, -0.2) is 14.5 Å². The molecule has 2 amide bonds. The zero-order valence-electron chi connectivity index (χ0n) is 11.2. The lowest BCUT2D eigenvalue weighted by atomic mass is 10.4. The van der Waals surface area contributed by atoms with Crippen LogP contribution in [0.5, 0.6) is 5.88 Å². The maximum absolute atomic E-state index is 11.8. The molecule has 3 N–H and O–H groups in total. The second kappa shape index (κ2) is 5.79. The van der Waals surface area contributed by atoms with Gasteiger partial charge >= 0.3 is 6.03 Å². The smallest absolute Gasteiger partial charge is 0.335 e. The molecule has 0 saturated heterocycles. The number of hydrogen-bond acceptors (Lipinski definition) is 6. The van der Waals surface area contributed by atoms with Gasteiger partial charge in [-0.15, -0.1) is 0 Å². The van der Waals surface area contributed by atoms with Gasteiger partial charge in [-0.2, -0.15) is 13.4 Å². The number of carbonyl (C=O) groups excluding carboxylic acids is 1. The minimum atomic E-state index is -3.97. The molecule has 0 unspecified atom stereocenters. The van der Waals surface area contributed by atoms with Gasteiger partial charge in [0, 0.05) is 18.0 Å². The van der Waals surface area contributed by atoms with E-state index in [1.54, 1.807) is 13.0 Å². The van der Waals surface area contributed by atoms with Crippen LogP contribution in [0.3, 0.4) is 0 Å². The summed E-state index contributed by atoms with van der Waals surface area (Å²) >= 11 is 0. The fraction of sp³-hybridized carbons (Fsp3) is 0.182. The van der Waals surface area contributed by atoms with E-state index in [-0.39, 0.29) is 16.9 Å². The maximum Gasteiger partial charge on any atom is 0.335 e. The Morgan fingerprint density at radius 1 is 1.38 bits per heavy atom. The van der Waals surface area contributed by atoms with E-state index >= 15 is 0 Å². The number of aromatic nitrogens is 3. The molecular weight excluding hydrogens is 298 g/mol. The van der Waals surface area contributed by atoms with Crippen LogP contribution in [-0.4, -0.2) is 36.5 Å². The average Bonchev–Trinajstić information content (AvgIpc) is 2.91. The van der Waals surface area contributed by atoms with Crippen LogP contribution in [-0.2, 0) is 10.0 Å². The molecule has 0 aromatic carbocycles. The summed E-state index contributed by atoms with van der Waals surface area (Å²) in [4.78, 5) is 22.0. The van der Waals surface area contributed by atoms with Crippen molar-refractivity contribution in [3.05, 3.63) is 30.1 Å². The number of anilines is 1. The van der Waals surface area contributed by atoms with Gasteiger partial charge in [-0.3, -0.25) is 5.32 Å². The first kappa shape index (κ1) is 14.8. The van der Waals surface area contributed by atoms with Crippen molar-refractivity contribution < 1.29 is 17.9 Å². The van der Waals surface area contributed by atoms with Gasteiger partial charge in [0.25, 0.3) is 10.0 Å². The van der Waals surface area contributed by atoms with Crippen LogP contribution in [0.15, 0.2) is 29.4 Å². The third kappa shape index (κ3) is 3.69. The van der Waals surface area contributed by atoms with Gasteiger partial charge in [0.1, 0.15) is 0 Å². The molecule has 2 heterocycles. The number of H-pyrrole nitrogens is 1. The first-order valence-electron chi connectivity index (χ1n) is 5.77. The minimum Gasteiger partial charge on any atom is -0.481 e. The van der Waals surface area contributed by atoms with E-state index in [9.17, 15) is 13.2 Å². The number of rotatable bonds is 4. The normalized spacial score (nSPS) is 11.0. The number of sulfonamides is 1. The zero-order chi connectivity index (χ0) is 15.5. The van der Waals surface area contributed by atoms with Gasteiger partial charge in [-0.1, -0.05) is 0 Å². The number of nitrogens with one attached hydrogen (secondary N) is 3. The van der Waals surface area contributed by atoms with Crippen LogP contribution >= 0.6 is 0 Å². The Kier molecular flexibility index (Phi) is 4.08. The fourth-order valence-corrected chi connectivity index (χ4v) is 2.37. The van der Waals surface area contributed by atoms with E-state index in [0.717, 1.165) is 0 Å². The lowest BCUT2D eigenvalue weighted by molar-refractivity contribution is 0.256. The van der Waals surface area contributed by atoms with Gasteiger partial charge in [0.15, 0.2) is 5.03 Å². The zero-order valence-corrected chi connectivity index (χ0v) is 12.1. The predicted octanol–water partition coefficient (Wildman–Crippen LogP) is 0.632. The van der Waals surface area contributed by atoms with Crippen molar-refractivity contribution in [3.8, 4) is 5.88 Å². The molecule has 0 bridgehead atoms. The molecule has 0 aliphatic rings.